The van der Waals surface area contributed by atoms with E-state index in [1.165, 1.54) is 19.4 Å². The van der Waals surface area contributed by atoms with Gasteiger partial charge in [-0.15, -0.1) is 0 Å². The number of nitrogen functional groups attached to an aromatic ring is 1. The molecule has 210 valence electrons. The fraction of sp³-hybridized carbons (Fsp3) is 0.103. The first kappa shape index (κ1) is 28.1. The number of nitrogens with one attached hydrogen (secondary N) is 1. The zero-order valence-electron chi connectivity index (χ0n) is 21.9. The summed E-state index contributed by atoms with van der Waals surface area (Å²) < 4.78 is 73.0. The zero-order valence-corrected chi connectivity index (χ0v) is 23.5. The van der Waals surface area contributed by atoms with E-state index in [2.05, 4.69) is 14.7 Å². The Morgan fingerprint density at radius 1 is 0.951 bits per heavy atom. The summed E-state index contributed by atoms with van der Waals surface area (Å²) in [6.45, 7) is 1.86. The van der Waals surface area contributed by atoms with E-state index in [0.717, 1.165) is 28.0 Å². The highest BCUT2D eigenvalue weighted by Crippen LogP contribution is 2.34. The van der Waals surface area contributed by atoms with E-state index in [4.69, 9.17) is 10.5 Å². The Balaban J connectivity index is 1.52. The first-order valence-electron chi connectivity index (χ1n) is 12.3. The van der Waals surface area contributed by atoms with Crippen molar-refractivity contribution in [2.24, 2.45) is 0 Å². The van der Waals surface area contributed by atoms with Crippen LogP contribution in [0.4, 0.5) is 20.3 Å². The third kappa shape index (κ3) is 5.74. The molecule has 3 aromatic carbocycles. The van der Waals surface area contributed by atoms with E-state index in [0.29, 0.717) is 39.8 Å². The highest BCUT2D eigenvalue weighted by atomic mass is 32.2. The Labute approximate surface area is 237 Å². The molecule has 3 N–H and O–H groups in total. The van der Waals surface area contributed by atoms with Crippen LogP contribution in [0.2, 0.25) is 0 Å². The van der Waals surface area contributed by atoms with Gasteiger partial charge in [0.2, 0.25) is 5.88 Å². The number of nitrogens with zero attached hydrogens (tertiary/aromatic N) is 2. The molecule has 2 heterocycles. The van der Waals surface area contributed by atoms with Crippen LogP contribution < -0.4 is 15.2 Å². The molecule has 8 nitrogen and oxygen atoms in total. The Morgan fingerprint density at radius 2 is 1.68 bits per heavy atom. The number of rotatable bonds is 8. The normalized spacial score (nSPS) is 12.3. The van der Waals surface area contributed by atoms with Crippen LogP contribution >= 0.6 is 0 Å². The van der Waals surface area contributed by atoms with Crippen LogP contribution in [-0.2, 0) is 20.8 Å². The van der Waals surface area contributed by atoms with Crippen molar-refractivity contribution >= 4 is 43.2 Å². The number of ether oxygens (including phenoxy) is 1. The summed E-state index contributed by atoms with van der Waals surface area (Å²) in [6.07, 6.45) is 1.51. The number of hydrogen-bond acceptors (Lipinski definition) is 7. The largest absolute Gasteiger partial charge is 0.480 e. The molecule has 0 aliphatic carbocycles. The zero-order chi connectivity index (χ0) is 29.3. The molecule has 41 heavy (non-hydrogen) atoms. The maximum atomic E-state index is 14.2. The van der Waals surface area contributed by atoms with Crippen LogP contribution in [0.3, 0.4) is 0 Å². The van der Waals surface area contributed by atoms with Gasteiger partial charge in [0, 0.05) is 39.4 Å². The van der Waals surface area contributed by atoms with Crippen molar-refractivity contribution in [2.45, 2.75) is 16.7 Å². The van der Waals surface area contributed by atoms with E-state index < -0.39 is 37.4 Å². The second kappa shape index (κ2) is 11.2. The van der Waals surface area contributed by atoms with Gasteiger partial charge in [0.1, 0.15) is 28.0 Å². The average molecular weight is 595 g/mol. The molecule has 0 saturated heterocycles. The molecule has 5 aromatic rings. The van der Waals surface area contributed by atoms with Crippen LogP contribution in [0.1, 0.15) is 6.92 Å². The van der Waals surface area contributed by atoms with Crippen LogP contribution in [0, 0.1) is 11.6 Å². The van der Waals surface area contributed by atoms with Crippen LogP contribution in [0.15, 0.2) is 88.8 Å². The molecule has 0 fully saturated rings. The summed E-state index contributed by atoms with van der Waals surface area (Å²) in [4.78, 5) is 8.75. The summed E-state index contributed by atoms with van der Waals surface area (Å²) in [5.41, 5.74) is 9.61. The number of aromatic nitrogens is 2. The number of hydrogen-bond donors (Lipinski definition) is 2. The summed E-state index contributed by atoms with van der Waals surface area (Å²) in [7, 11) is -4.18. The third-order valence-electron chi connectivity index (χ3n) is 6.34. The van der Waals surface area contributed by atoms with Gasteiger partial charge >= 0.3 is 0 Å². The van der Waals surface area contributed by atoms with Crippen molar-refractivity contribution in [1.82, 2.24) is 9.97 Å². The van der Waals surface area contributed by atoms with Gasteiger partial charge in [-0.25, -0.2) is 27.2 Å². The monoisotopic (exact) mass is 594 g/mol. The van der Waals surface area contributed by atoms with Crippen molar-refractivity contribution in [3.05, 3.63) is 90.6 Å². The van der Waals surface area contributed by atoms with Crippen molar-refractivity contribution in [2.75, 3.05) is 23.3 Å². The number of anilines is 2. The molecule has 1 atom stereocenters. The van der Waals surface area contributed by atoms with Gasteiger partial charge in [0.05, 0.1) is 23.4 Å². The van der Waals surface area contributed by atoms with E-state index >= 15 is 0 Å². The lowest BCUT2D eigenvalue weighted by atomic mass is 10.0. The molecule has 0 aliphatic heterocycles. The number of fused-ring (bicyclic) bond motifs is 1. The van der Waals surface area contributed by atoms with Crippen LogP contribution in [0.5, 0.6) is 5.88 Å². The minimum atomic E-state index is -4.43. The van der Waals surface area contributed by atoms with Gasteiger partial charge in [0.15, 0.2) is 0 Å². The first-order valence-corrected chi connectivity index (χ1v) is 15.1. The molecular formula is C29H24F2N4O4S2. The number of nitrogens with two attached hydrogens (primary N) is 1. The number of methoxy groups -OCH3 is 1. The minimum absolute atomic E-state index is 0.0329. The van der Waals surface area contributed by atoms with Crippen molar-refractivity contribution in [3.8, 4) is 28.1 Å². The lowest BCUT2D eigenvalue weighted by molar-refractivity contribution is 0.400. The predicted molar refractivity (Wildman–Crippen MR) is 155 cm³/mol. The van der Waals surface area contributed by atoms with Gasteiger partial charge in [-0.1, -0.05) is 25.1 Å². The van der Waals surface area contributed by atoms with E-state index in [1.54, 1.807) is 24.3 Å². The Morgan fingerprint density at radius 3 is 2.37 bits per heavy atom. The van der Waals surface area contributed by atoms with Gasteiger partial charge in [-0.3, -0.25) is 8.93 Å². The molecule has 1 unspecified atom stereocenters. The molecule has 2 aromatic heterocycles. The topological polar surface area (TPSA) is 124 Å². The maximum Gasteiger partial charge on any atom is 0.264 e. The molecule has 0 bridgehead atoms. The smallest absolute Gasteiger partial charge is 0.264 e. The second-order valence-electron chi connectivity index (χ2n) is 8.95. The molecule has 0 aliphatic rings. The molecular weight excluding hydrogens is 570 g/mol. The fourth-order valence-corrected chi connectivity index (χ4v) is 6.18. The quantitative estimate of drug-likeness (QED) is 0.234. The lowest BCUT2D eigenvalue weighted by Gasteiger charge is -2.14. The molecule has 12 heteroatoms. The molecule has 0 amide bonds. The number of halogens is 2. The Bertz CT molecular complexity index is 1920. The number of benzene rings is 3. The van der Waals surface area contributed by atoms with E-state index in [9.17, 15) is 21.4 Å². The number of pyridine rings is 2. The van der Waals surface area contributed by atoms with Crippen LogP contribution in [-0.4, -0.2) is 35.5 Å². The van der Waals surface area contributed by atoms with Crippen LogP contribution in [0.25, 0.3) is 33.2 Å². The predicted octanol–water partition coefficient (Wildman–Crippen LogP) is 5.76. The Kier molecular flexibility index (Phi) is 7.70. The van der Waals surface area contributed by atoms with Crippen molar-refractivity contribution in [1.29, 1.82) is 0 Å². The van der Waals surface area contributed by atoms with Gasteiger partial charge in [-0.05, 0) is 59.7 Å². The second-order valence-corrected chi connectivity index (χ2v) is 12.3. The third-order valence-corrected chi connectivity index (χ3v) is 9.06. The SMILES string of the molecule is CCS(=O)c1ccc(-c2cc3cc(-c4cnc(OC)c(NS(=O)(=O)c5ccc(F)cc5F)c4)ccc3nc2N)cc1. The van der Waals surface area contributed by atoms with E-state index in [-0.39, 0.29) is 11.6 Å². The maximum absolute atomic E-state index is 14.2. The standard InChI is InChI=1S/C29H24F2N4O4S2/c1-3-40(36)22-8-4-17(5-9-22)23-13-19-12-18(6-10-25(19)34-28(23)32)20-14-26(29(39-2)33-16-20)35-41(37,38)27-11-7-21(30)15-24(27)31/h4-16,35H,3H2,1-2H3,(H2,32,34). The van der Waals surface area contributed by atoms with Gasteiger partial charge in [0.25, 0.3) is 10.0 Å². The average Bonchev–Trinajstić information content (AvgIpc) is 2.96. The Hall–Kier alpha value is -4.42. The first-order chi connectivity index (χ1) is 19.6. The molecule has 0 spiro atoms. The van der Waals surface area contributed by atoms with Gasteiger partial charge in [-0.2, -0.15) is 0 Å². The molecule has 0 saturated carbocycles. The number of sulfonamides is 1. The summed E-state index contributed by atoms with van der Waals surface area (Å²) in [5, 5.41) is 0.763. The summed E-state index contributed by atoms with van der Waals surface area (Å²) in [5.74, 6) is -1.31. The minimum Gasteiger partial charge on any atom is -0.480 e. The highest BCUT2D eigenvalue weighted by molar-refractivity contribution is 7.92. The lowest BCUT2D eigenvalue weighted by Crippen LogP contribution is -2.15. The van der Waals surface area contributed by atoms with Crippen molar-refractivity contribution in [3.63, 3.8) is 0 Å². The summed E-state index contributed by atoms with van der Waals surface area (Å²) >= 11 is 0. The summed E-state index contributed by atoms with van der Waals surface area (Å²) in [6, 6.07) is 18.3. The van der Waals surface area contributed by atoms with E-state index in [1.807, 2.05) is 31.2 Å². The fourth-order valence-electron chi connectivity index (χ4n) is 4.29. The molecule has 5 rings (SSSR count). The van der Waals surface area contributed by atoms with Gasteiger partial charge < -0.3 is 10.5 Å². The molecule has 0 radical (unpaired) electrons. The van der Waals surface area contributed by atoms with Crippen molar-refractivity contribution < 1.29 is 26.1 Å². The highest BCUT2D eigenvalue weighted by Gasteiger charge is 2.22.